The lowest BCUT2D eigenvalue weighted by Gasteiger charge is -2.30. The van der Waals surface area contributed by atoms with Gasteiger partial charge in [0.15, 0.2) is 0 Å². The highest BCUT2D eigenvalue weighted by Crippen LogP contribution is 2.58. The summed E-state index contributed by atoms with van der Waals surface area (Å²) < 4.78 is 40.0. The number of alkyl halides is 3. The molecule has 0 aliphatic heterocycles. The normalized spacial score (nSPS) is 23.4. The first-order chi connectivity index (χ1) is 14.7. The van der Waals surface area contributed by atoms with Crippen molar-refractivity contribution >= 4 is 17.2 Å². The van der Waals surface area contributed by atoms with Crippen LogP contribution < -0.4 is 16.6 Å². The summed E-state index contributed by atoms with van der Waals surface area (Å²) in [5.41, 5.74) is 5.60. The molecule has 2 fully saturated rings. The van der Waals surface area contributed by atoms with Crippen molar-refractivity contribution in [1.29, 1.82) is 0 Å². The maximum atomic E-state index is 13.3. The van der Waals surface area contributed by atoms with Crippen molar-refractivity contribution in [2.45, 2.75) is 63.1 Å². The molecule has 4 N–H and O–H groups in total. The summed E-state index contributed by atoms with van der Waals surface area (Å²) >= 11 is 0. The Morgan fingerprint density at radius 3 is 2.45 bits per heavy atom. The fraction of sp³-hybridized carbons (Fsp3) is 0.478. The summed E-state index contributed by atoms with van der Waals surface area (Å²) in [5, 5.41) is 3.45. The van der Waals surface area contributed by atoms with Crippen molar-refractivity contribution in [2.24, 2.45) is 16.6 Å². The first kappa shape index (κ1) is 21.5. The van der Waals surface area contributed by atoms with Crippen molar-refractivity contribution in [1.82, 2.24) is 4.98 Å². The fourth-order valence-corrected chi connectivity index (χ4v) is 4.49. The van der Waals surface area contributed by atoms with E-state index in [1.165, 1.54) is 30.7 Å². The molecule has 0 spiro atoms. The van der Waals surface area contributed by atoms with Crippen LogP contribution in [0.3, 0.4) is 0 Å². The number of nitrogens with two attached hydrogens (primary N) is 1. The number of aliphatic imine (C=N–C) groups is 1. The molecule has 1 aromatic heterocycles. The molecule has 0 radical (unpaired) electrons. The van der Waals surface area contributed by atoms with Crippen LogP contribution in [0.1, 0.15) is 56.6 Å². The minimum atomic E-state index is -4.26. The van der Waals surface area contributed by atoms with Crippen molar-refractivity contribution in [3.05, 3.63) is 58.0 Å². The summed E-state index contributed by atoms with van der Waals surface area (Å²) in [6.07, 6.45) is 2.01. The SMILES string of the molecule is C[C@H]1CCCC[C@@H]1Nc1cc[nH]c(=O)c1C(N)=Nc1ccc(C2(C(F)(F)F)CC2)cc1. The summed E-state index contributed by atoms with van der Waals surface area (Å²) in [6, 6.07) is 7.95. The van der Waals surface area contributed by atoms with Crippen LogP contribution in [-0.4, -0.2) is 23.0 Å². The summed E-state index contributed by atoms with van der Waals surface area (Å²) in [4.78, 5) is 19.5. The van der Waals surface area contributed by atoms with Crippen LogP contribution in [0.5, 0.6) is 0 Å². The molecule has 166 valence electrons. The maximum Gasteiger partial charge on any atom is 0.398 e. The van der Waals surface area contributed by atoms with Gasteiger partial charge in [0.1, 0.15) is 11.4 Å². The molecule has 31 heavy (non-hydrogen) atoms. The lowest BCUT2D eigenvalue weighted by Crippen LogP contribution is -2.33. The van der Waals surface area contributed by atoms with E-state index in [0.29, 0.717) is 17.3 Å². The van der Waals surface area contributed by atoms with Gasteiger partial charge in [-0.3, -0.25) is 4.79 Å². The third-order valence-corrected chi connectivity index (χ3v) is 6.63. The third kappa shape index (κ3) is 4.20. The number of aromatic amines is 1. The Kier molecular flexibility index (Phi) is 5.58. The quantitative estimate of drug-likeness (QED) is 0.459. The van der Waals surface area contributed by atoms with Gasteiger partial charge in [0, 0.05) is 12.2 Å². The van der Waals surface area contributed by atoms with E-state index in [1.54, 1.807) is 12.3 Å². The Hall–Kier alpha value is -2.77. The van der Waals surface area contributed by atoms with Gasteiger partial charge in [-0.15, -0.1) is 0 Å². The van der Waals surface area contributed by atoms with Gasteiger partial charge in [0.2, 0.25) is 0 Å². The van der Waals surface area contributed by atoms with E-state index in [4.69, 9.17) is 5.73 Å². The van der Waals surface area contributed by atoms with Gasteiger partial charge in [-0.2, -0.15) is 13.2 Å². The number of pyridine rings is 1. The van der Waals surface area contributed by atoms with E-state index in [2.05, 4.69) is 22.2 Å². The molecular formula is C23H27F3N4O. The number of H-pyrrole nitrogens is 1. The van der Waals surface area contributed by atoms with Crippen LogP contribution in [0.25, 0.3) is 0 Å². The molecule has 0 saturated heterocycles. The minimum Gasteiger partial charge on any atom is -0.383 e. The van der Waals surface area contributed by atoms with Gasteiger partial charge in [0.05, 0.1) is 16.8 Å². The van der Waals surface area contributed by atoms with E-state index in [1.807, 2.05) is 0 Å². The number of nitrogens with zero attached hydrogens (tertiary/aromatic N) is 1. The maximum absolute atomic E-state index is 13.3. The van der Waals surface area contributed by atoms with Gasteiger partial charge in [-0.25, -0.2) is 4.99 Å². The Morgan fingerprint density at radius 2 is 1.84 bits per heavy atom. The lowest BCUT2D eigenvalue weighted by molar-refractivity contribution is -0.160. The topological polar surface area (TPSA) is 83.3 Å². The van der Waals surface area contributed by atoms with Crippen LogP contribution in [0, 0.1) is 5.92 Å². The second-order valence-corrected chi connectivity index (χ2v) is 8.73. The number of nitrogens with one attached hydrogen (secondary N) is 2. The van der Waals surface area contributed by atoms with E-state index in [-0.39, 0.29) is 41.4 Å². The van der Waals surface area contributed by atoms with E-state index in [9.17, 15) is 18.0 Å². The highest BCUT2D eigenvalue weighted by atomic mass is 19.4. The zero-order chi connectivity index (χ0) is 22.2. The average Bonchev–Trinajstić information content (AvgIpc) is 3.52. The van der Waals surface area contributed by atoms with Crippen molar-refractivity contribution in [3.63, 3.8) is 0 Å². The smallest absolute Gasteiger partial charge is 0.383 e. The number of halogens is 3. The molecule has 1 heterocycles. The van der Waals surface area contributed by atoms with Gasteiger partial charge >= 0.3 is 6.18 Å². The summed E-state index contributed by atoms with van der Waals surface area (Å²) in [6.45, 7) is 2.19. The monoisotopic (exact) mass is 432 g/mol. The van der Waals surface area contributed by atoms with Crippen LogP contribution in [0.15, 0.2) is 46.3 Å². The molecule has 0 unspecified atom stereocenters. The number of hydrogen-bond acceptors (Lipinski definition) is 3. The molecular weight excluding hydrogens is 405 g/mol. The Labute approximate surface area is 179 Å². The molecule has 5 nitrogen and oxygen atoms in total. The van der Waals surface area contributed by atoms with Gasteiger partial charge < -0.3 is 16.0 Å². The van der Waals surface area contributed by atoms with Crippen LogP contribution in [0.2, 0.25) is 0 Å². The molecule has 2 saturated carbocycles. The zero-order valence-electron chi connectivity index (χ0n) is 17.4. The van der Waals surface area contributed by atoms with E-state index < -0.39 is 11.6 Å². The number of hydrogen-bond donors (Lipinski definition) is 3. The van der Waals surface area contributed by atoms with E-state index in [0.717, 1.165) is 19.3 Å². The molecule has 1 aromatic carbocycles. The molecule has 4 rings (SSSR count). The van der Waals surface area contributed by atoms with Gasteiger partial charge in [0.25, 0.3) is 5.56 Å². The number of aromatic nitrogens is 1. The average molecular weight is 432 g/mol. The predicted molar refractivity (Wildman–Crippen MR) is 116 cm³/mol. The second-order valence-electron chi connectivity index (χ2n) is 8.73. The molecule has 2 aliphatic rings. The van der Waals surface area contributed by atoms with Crippen molar-refractivity contribution in [3.8, 4) is 0 Å². The number of anilines is 1. The molecule has 0 bridgehead atoms. The standard InChI is InChI=1S/C23H27F3N4O/c1-14-4-2-3-5-17(14)30-18-10-13-28-21(31)19(18)20(27)29-16-8-6-15(7-9-16)22(11-12-22)23(24,25)26/h6-10,13-14,17H,2-5,11-12H2,1H3,(H2,27,29)(H2,28,30,31)/t14-,17-/m0/s1. The number of amidine groups is 1. The molecule has 8 heteroatoms. The Bertz CT molecular complexity index is 1020. The third-order valence-electron chi connectivity index (χ3n) is 6.63. The first-order valence-corrected chi connectivity index (χ1v) is 10.7. The summed E-state index contributed by atoms with van der Waals surface area (Å²) in [5.74, 6) is 0.507. The largest absolute Gasteiger partial charge is 0.398 e. The summed E-state index contributed by atoms with van der Waals surface area (Å²) in [7, 11) is 0. The molecule has 0 amide bonds. The lowest BCUT2D eigenvalue weighted by atomic mass is 9.85. The van der Waals surface area contributed by atoms with Crippen LogP contribution in [-0.2, 0) is 5.41 Å². The van der Waals surface area contributed by atoms with E-state index >= 15 is 0 Å². The van der Waals surface area contributed by atoms with Crippen molar-refractivity contribution < 1.29 is 13.2 Å². The number of rotatable bonds is 5. The second kappa shape index (κ2) is 8.05. The zero-order valence-corrected chi connectivity index (χ0v) is 17.4. The first-order valence-electron chi connectivity index (χ1n) is 10.7. The number of benzene rings is 1. The van der Waals surface area contributed by atoms with Crippen LogP contribution in [0.4, 0.5) is 24.5 Å². The highest BCUT2D eigenvalue weighted by Gasteiger charge is 2.64. The van der Waals surface area contributed by atoms with Gasteiger partial charge in [-0.1, -0.05) is 31.9 Å². The Morgan fingerprint density at radius 1 is 1.16 bits per heavy atom. The van der Waals surface area contributed by atoms with Crippen molar-refractivity contribution in [2.75, 3.05) is 5.32 Å². The highest BCUT2D eigenvalue weighted by molar-refractivity contribution is 6.03. The molecule has 2 aliphatic carbocycles. The Balaban J connectivity index is 1.59. The predicted octanol–water partition coefficient (Wildman–Crippen LogP) is 5.00. The molecule has 2 atom stereocenters. The molecule has 2 aromatic rings. The van der Waals surface area contributed by atoms with Crippen LogP contribution >= 0.6 is 0 Å². The van der Waals surface area contributed by atoms with Gasteiger partial charge in [-0.05, 0) is 55.4 Å². The fourth-order valence-electron chi connectivity index (χ4n) is 4.49. The minimum absolute atomic E-state index is 0.0255.